The Labute approximate surface area is 107 Å². The van der Waals surface area contributed by atoms with Gasteiger partial charge in [-0.15, -0.1) is 5.10 Å². The lowest BCUT2D eigenvalue weighted by molar-refractivity contribution is 0.390. The number of hydrogen-bond donors (Lipinski definition) is 1. The van der Waals surface area contributed by atoms with Gasteiger partial charge in [-0.2, -0.15) is 4.68 Å². The van der Waals surface area contributed by atoms with Crippen LogP contribution < -0.4 is 5.73 Å². The van der Waals surface area contributed by atoms with Crippen molar-refractivity contribution in [3.05, 3.63) is 23.0 Å². The van der Waals surface area contributed by atoms with Crippen LogP contribution in [0, 0.1) is 0 Å². The Morgan fingerprint density at radius 1 is 1.41 bits per heavy atom. The largest absolute Gasteiger partial charge is 0.381 e. The van der Waals surface area contributed by atoms with Crippen LogP contribution >= 0.6 is 15.9 Å². The second-order valence-electron chi connectivity index (χ2n) is 3.74. The standard InChI is InChI=1S/C9H12BrN7/c1-16(2)4-7-13-5-17(15-7)9-8(11)12-3-6(10)14-9/h3,5H,4H2,1-2H3,(H2,11,12). The minimum absolute atomic E-state index is 0.314. The van der Waals surface area contributed by atoms with E-state index in [0.29, 0.717) is 28.6 Å². The van der Waals surface area contributed by atoms with E-state index in [1.165, 1.54) is 10.9 Å². The summed E-state index contributed by atoms with van der Waals surface area (Å²) in [6.45, 7) is 0.661. The molecule has 17 heavy (non-hydrogen) atoms. The third-order valence-electron chi connectivity index (χ3n) is 1.97. The van der Waals surface area contributed by atoms with Gasteiger partial charge in [0.25, 0.3) is 0 Å². The highest BCUT2D eigenvalue weighted by Gasteiger charge is 2.09. The molecule has 0 bridgehead atoms. The number of nitrogen functional groups attached to an aromatic ring is 1. The summed E-state index contributed by atoms with van der Waals surface area (Å²) in [4.78, 5) is 14.4. The smallest absolute Gasteiger partial charge is 0.198 e. The maximum atomic E-state index is 5.74. The van der Waals surface area contributed by atoms with Crippen molar-refractivity contribution in [2.24, 2.45) is 0 Å². The molecule has 0 fully saturated rings. The fourth-order valence-electron chi connectivity index (χ4n) is 1.29. The van der Waals surface area contributed by atoms with E-state index in [1.54, 1.807) is 6.33 Å². The molecule has 8 heteroatoms. The molecule has 90 valence electrons. The van der Waals surface area contributed by atoms with E-state index in [0.717, 1.165) is 0 Å². The Morgan fingerprint density at radius 3 is 2.88 bits per heavy atom. The topological polar surface area (TPSA) is 85.8 Å². The second kappa shape index (κ2) is 4.76. The van der Waals surface area contributed by atoms with Crippen LogP contribution in [0.25, 0.3) is 5.82 Å². The first-order chi connectivity index (χ1) is 8.06. The molecular formula is C9H12BrN7. The molecule has 2 aromatic heterocycles. The highest BCUT2D eigenvalue weighted by atomic mass is 79.9. The van der Waals surface area contributed by atoms with Crippen LogP contribution in [-0.2, 0) is 6.54 Å². The van der Waals surface area contributed by atoms with E-state index in [1.807, 2.05) is 19.0 Å². The Bertz CT molecular complexity index is 522. The first-order valence-electron chi connectivity index (χ1n) is 4.90. The third kappa shape index (κ3) is 2.77. The van der Waals surface area contributed by atoms with Gasteiger partial charge in [-0.05, 0) is 30.0 Å². The van der Waals surface area contributed by atoms with Crippen LogP contribution in [0.15, 0.2) is 17.1 Å². The number of anilines is 1. The Kier molecular flexibility index (Phi) is 3.34. The first-order valence-corrected chi connectivity index (χ1v) is 5.69. The summed E-state index contributed by atoms with van der Waals surface area (Å²) in [7, 11) is 3.90. The molecule has 0 aliphatic heterocycles. The molecular weight excluding hydrogens is 286 g/mol. The van der Waals surface area contributed by atoms with Crippen molar-refractivity contribution >= 4 is 21.7 Å². The molecule has 0 saturated carbocycles. The van der Waals surface area contributed by atoms with Crippen molar-refractivity contribution in [3.63, 3.8) is 0 Å². The molecule has 0 aliphatic carbocycles. The average Bonchev–Trinajstić information content (AvgIpc) is 2.69. The zero-order chi connectivity index (χ0) is 12.4. The van der Waals surface area contributed by atoms with Crippen molar-refractivity contribution in [1.82, 2.24) is 29.6 Å². The van der Waals surface area contributed by atoms with Crippen LogP contribution in [0.3, 0.4) is 0 Å². The molecule has 2 heterocycles. The quantitative estimate of drug-likeness (QED) is 0.886. The van der Waals surface area contributed by atoms with Crippen LogP contribution in [0.4, 0.5) is 5.82 Å². The van der Waals surface area contributed by atoms with Gasteiger partial charge in [-0.25, -0.2) is 15.0 Å². The summed E-state index contributed by atoms with van der Waals surface area (Å²) in [5, 5.41) is 4.28. The van der Waals surface area contributed by atoms with Crippen LogP contribution in [-0.4, -0.2) is 43.7 Å². The highest BCUT2D eigenvalue weighted by molar-refractivity contribution is 9.10. The minimum Gasteiger partial charge on any atom is -0.381 e. The number of rotatable bonds is 3. The molecule has 0 atom stereocenters. The monoisotopic (exact) mass is 297 g/mol. The molecule has 2 rings (SSSR count). The fraction of sp³-hybridized carbons (Fsp3) is 0.333. The summed E-state index contributed by atoms with van der Waals surface area (Å²) in [5.41, 5.74) is 5.74. The van der Waals surface area contributed by atoms with Crippen molar-refractivity contribution in [2.45, 2.75) is 6.54 Å². The van der Waals surface area contributed by atoms with Crippen molar-refractivity contribution in [3.8, 4) is 5.82 Å². The maximum absolute atomic E-state index is 5.74. The highest BCUT2D eigenvalue weighted by Crippen LogP contribution is 2.14. The van der Waals surface area contributed by atoms with E-state index < -0.39 is 0 Å². The molecule has 0 aliphatic rings. The second-order valence-corrected chi connectivity index (χ2v) is 4.56. The first kappa shape index (κ1) is 11.9. The van der Waals surface area contributed by atoms with Gasteiger partial charge < -0.3 is 10.6 Å². The van der Waals surface area contributed by atoms with Crippen molar-refractivity contribution in [1.29, 1.82) is 0 Å². The lowest BCUT2D eigenvalue weighted by Crippen LogP contribution is -2.12. The summed E-state index contributed by atoms with van der Waals surface area (Å²) >= 11 is 3.24. The molecule has 0 amide bonds. The van der Waals surface area contributed by atoms with Gasteiger partial charge >= 0.3 is 0 Å². The van der Waals surface area contributed by atoms with E-state index in [4.69, 9.17) is 5.73 Å². The van der Waals surface area contributed by atoms with E-state index >= 15 is 0 Å². The Balaban J connectivity index is 2.33. The summed E-state index contributed by atoms with van der Waals surface area (Å²) < 4.78 is 2.12. The Morgan fingerprint density at radius 2 is 2.18 bits per heavy atom. The van der Waals surface area contributed by atoms with Crippen LogP contribution in [0.2, 0.25) is 0 Å². The van der Waals surface area contributed by atoms with Gasteiger partial charge in [0, 0.05) is 0 Å². The summed E-state index contributed by atoms with van der Waals surface area (Å²) in [6.07, 6.45) is 3.11. The molecule has 7 nitrogen and oxygen atoms in total. The zero-order valence-electron chi connectivity index (χ0n) is 9.50. The lowest BCUT2D eigenvalue weighted by atomic mass is 10.6. The predicted octanol–water partition coefficient (Wildman–Crippen LogP) is 0.464. The van der Waals surface area contributed by atoms with Crippen LogP contribution in [0.5, 0.6) is 0 Å². The number of nitrogens with two attached hydrogens (primary N) is 1. The SMILES string of the molecule is CN(C)Cc1ncn(-c2nc(Br)cnc2N)n1. The van der Waals surface area contributed by atoms with Gasteiger partial charge in [-0.3, -0.25) is 0 Å². The molecule has 2 N–H and O–H groups in total. The van der Waals surface area contributed by atoms with Gasteiger partial charge in [-0.1, -0.05) is 0 Å². The van der Waals surface area contributed by atoms with Gasteiger partial charge in [0.15, 0.2) is 17.5 Å². The molecule has 0 radical (unpaired) electrons. The van der Waals surface area contributed by atoms with Gasteiger partial charge in [0.1, 0.15) is 10.9 Å². The summed E-state index contributed by atoms with van der Waals surface area (Å²) in [5.74, 6) is 1.49. The lowest BCUT2D eigenvalue weighted by Gasteiger charge is -2.05. The molecule has 0 unspecified atom stereocenters. The van der Waals surface area contributed by atoms with Gasteiger partial charge in [0.05, 0.1) is 12.7 Å². The van der Waals surface area contributed by atoms with E-state index in [2.05, 4.69) is 36.0 Å². The van der Waals surface area contributed by atoms with E-state index in [9.17, 15) is 0 Å². The number of halogens is 1. The maximum Gasteiger partial charge on any atom is 0.198 e. The van der Waals surface area contributed by atoms with Crippen LogP contribution in [0.1, 0.15) is 5.82 Å². The van der Waals surface area contributed by atoms with E-state index in [-0.39, 0.29) is 0 Å². The number of hydrogen-bond acceptors (Lipinski definition) is 6. The molecule has 0 spiro atoms. The number of aromatic nitrogens is 5. The van der Waals surface area contributed by atoms with Gasteiger partial charge in [0.2, 0.25) is 0 Å². The number of nitrogens with zero attached hydrogens (tertiary/aromatic N) is 6. The minimum atomic E-state index is 0.314. The molecule has 0 saturated heterocycles. The molecule has 2 aromatic rings. The Hall–Kier alpha value is -1.54. The zero-order valence-corrected chi connectivity index (χ0v) is 11.1. The average molecular weight is 298 g/mol. The summed E-state index contributed by atoms with van der Waals surface area (Å²) in [6, 6.07) is 0. The molecule has 0 aromatic carbocycles. The van der Waals surface area contributed by atoms with Crippen molar-refractivity contribution < 1.29 is 0 Å². The normalized spacial score (nSPS) is 11.1. The predicted molar refractivity (Wildman–Crippen MR) is 66.5 cm³/mol. The third-order valence-corrected chi connectivity index (χ3v) is 2.35. The fourth-order valence-corrected chi connectivity index (χ4v) is 1.56. The van der Waals surface area contributed by atoms with Crippen molar-refractivity contribution in [2.75, 3.05) is 19.8 Å².